The lowest BCUT2D eigenvalue weighted by atomic mass is 10.3. The molecule has 14 heavy (non-hydrogen) atoms. The van der Waals surface area contributed by atoms with Crippen molar-refractivity contribution in [2.24, 2.45) is 0 Å². The van der Waals surface area contributed by atoms with E-state index in [1.54, 1.807) is 13.0 Å². The Hall–Kier alpha value is -0.740. The van der Waals surface area contributed by atoms with E-state index in [0.717, 1.165) is 0 Å². The molecule has 0 saturated heterocycles. The topological polar surface area (TPSA) is 49.3 Å². The molecule has 1 amide bonds. The molecule has 2 N–H and O–H groups in total. The number of phenols is 1. The van der Waals surface area contributed by atoms with Gasteiger partial charge in [-0.1, -0.05) is 27.5 Å². The molecule has 0 aromatic heterocycles. The third-order valence-electron chi connectivity index (χ3n) is 1.58. The molecule has 1 aromatic carbocycles. The van der Waals surface area contributed by atoms with Crippen molar-refractivity contribution in [3.05, 3.63) is 23.2 Å². The molecule has 0 fully saturated rings. The first kappa shape index (κ1) is 11.3. The molecule has 0 heterocycles. The van der Waals surface area contributed by atoms with Gasteiger partial charge >= 0.3 is 0 Å². The fourth-order valence-corrected chi connectivity index (χ4v) is 1.12. The van der Waals surface area contributed by atoms with Crippen LogP contribution in [-0.2, 0) is 4.79 Å². The van der Waals surface area contributed by atoms with Crippen LogP contribution in [0.15, 0.2) is 18.2 Å². The molecule has 1 rings (SSSR count). The van der Waals surface area contributed by atoms with Crippen LogP contribution in [0.4, 0.5) is 5.69 Å². The number of hydrogen-bond acceptors (Lipinski definition) is 2. The second-order valence-electron chi connectivity index (χ2n) is 2.77. The van der Waals surface area contributed by atoms with Crippen molar-refractivity contribution in [2.75, 3.05) is 5.32 Å². The number of hydrogen-bond donors (Lipinski definition) is 2. The number of carbonyl (C=O) groups excluding carboxylic acids is 1. The lowest BCUT2D eigenvalue weighted by molar-refractivity contribution is -0.115. The second kappa shape index (κ2) is 4.66. The fourth-order valence-electron chi connectivity index (χ4n) is 0.826. The number of alkyl halides is 1. The third-order valence-corrected chi connectivity index (χ3v) is 2.30. The van der Waals surface area contributed by atoms with Crippen molar-refractivity contribution >= 4 is 39.1 Å². The van der Waals surface area contributed by atoms with Crippen molar-refractivity contribution in [2.45, 2.75) is 11.8 Å². The van der Waals surface area contributed by atoms with Gasteiger partial charge in [-0.15, -0.1) is 0 Å². The van der Waals surface area contributed by atoms with E-state index < -0.39 is 0 Å². The predicted molar refractivity (Wildman–Crippen MR) is 60.1 cm³/mol. The number of amides is 1. The summed E-state index contributed by atoms with van der Waals surface area (Å²) in [5.74, 6) is -0.164. The number of benzene rings is 1. The van der Waals surface area contributed by atoms with Crippen LogP contribution in [0, 0.1) is 0 Å². The summed E-state index contributed by atoms with van der Waals surface area (Å²) in [5.41, 5.74) is 0.559. The molecule has 0 radical (unpaired) electrons. The Labute approximate surface area is 95.2 Å². The normalized spacial score (nSPS) is 12.2. The summed E-state index contributed by atoms with van der Waals surface area (Å²) in [7, 11) is 0. The van der Waals surface area contributed by atoms with Crippen molar-refractivity contribution in [1.29, 1.82) is 0 Å². The van der Waals surface area contributed by atoms with E-state index in [2.05, 4.69) is 21.2 Å². The van der Waals surface area contributed by atoms with Gasteiger partial charge in [-0.05, 0) is 25.1 Å². The van der Waals surface area contributed by atoms with Gasteiger partial charge in [0.2, 0.25) is 5.91 Å². The molecule has 0 saturated carbocycles. The molecule has 0 aliphatic carbocycles. The highest BCUT2D eigenvalue weighted by Crippen LogP contribution is 2.26. The van der Waals surface area contributed by atoms with Crippen LogP contribution in [0.2, 0.25) is 5.02 Å². The summed E-state index contributed by atoms with van der Waals surface area (Å²) < 4.78 is 0. The monoisotopic (exact) mass is 277 g/mol. The second-order valence-corrected chi connectivity index (χ2v) is 4.55. The third kappa shape index (κ3) is 2.89. The zero-order valence-electron chi connectivity index (χ0n) is 7.42. The van der Waals surface area contributed by atoms with E-state index in [9.17, 15) is 4.79 Å². The van der Waals surface area contributed by atoms with Crippen LogP contribution in [0.25, 0.3) is 0 Å². The number of nitrogens with one attached hydrogen (secondary N) is 1. The maximum absolute atomic E-state index is 11.2. The zero-order valence-corrected chi connectivity index (χ0v) is 9.76. The molecular weight excluding hydrogens is 269 g/mol. The van der Waals surface area contributed by atoms with Gasteiger partial charge in [-0.25, -0.2) is 0 Å². The summed E-state index contributed by atoms with van der Waals surface area (Å²) in [5, 5.41) is 12.0. The zero-order chi connectivity index (χ0) is 10.7. The summed E-state index contributed by atoms with van der Waals surface area (Å²) in [6, 6.07) is 4.50. The van der Waals surface area contributed by atoms with E-state index in [4.69, 9.17) is 16.7 Å². The first-order valence-electron chi connectivity index (χ1n) is 3.94. The highest BCUT2D eigenvalue weighted by Gasteiger charge is 2.09. The van der Waals surface area contributed by atoms with E-state index in [-0.39, 0.29) is 21.5 Å². The minimum Gasteiger partial charge on any atom is -0.506 e. The SMILES string of the molecule is CC(Br)C(=O)Nc1ccc(O)c(Cl)c1. The molecule has 1 aromatic rings. The summed E-state index contributed by atoms with van der Waals surface area (Å²) >= 11 is 8.80. The van der Waals surface area contributed by atoms with Crippen molar-refractivity contribution in [1.82, 2.24) is 0 Å². The van der Waals surface area contributed by atoms with Gasteiger partial charge in [0.25, 0.3) is 0 Å². The first-order chi connectivity index (χ1) is 6.50. The van der Waals surface area contributed by atoms with Crippen molar-refractivity contribution in [3.63, 3.8) is 0 Å². The Balaban J connectivity index is 2.78. The molecule has 0 spiro atoms. The highest BCUT2D eigenvalue weighted by atomic mass is 79.9. The molecule has 0 aliphatic rings. The minimum atomic E-state index is -0.268. The van der Waals surface area contributed by atoms with Gasteiger partial charge in [-0.3, -0.25) is 4.79 Å². The highest BCUT2D eigenvalue weighted by molar-refractivity contribution is 9.10. The van der Waals surface area contributed by atoms with Gasteiger partial charge in [0.15, 0.2) is 0 Å². The molecule has 76 valence electrons. The maximum Gasteiger partial charge on any atom is 0.237 e. The largest absolute Gasteiger partial charge is 0.506 e. The molecule has 0 bridgehead atoms. The number of carbonyl (C=O) groups is 1. The smallest absolute Gasteiger partial charge is 0.237 e. The van der Waals surface area contributed by atoms with Crippen molar-refractivity contribution < 1.29 is 9.90 Å². The molecule has 5 heteroatoms. The van der Waals surface area contributed by atoms with Gasteiger partial charge < -0.3 is 10.4 Å². The summed E-state index contributed by atoms with van der Waals surface area (Å²) in [6.45, 7) is 1.72. The number of phenolic OH excluding ortho intramolecular Hbond substituents is 1. The Morgan fingerprint density at radius 3 is 2.79 bits per heavy atom. The van der Waals surface area contributed by atoms with Gasteiger partial charge in [0.1, 0.15) is 5.75 Å². The summed E-state index contributed by atoms with van der Waals surface area (Å²) in [6.07, 6.45) is 0. The fraction of sp³-hybridized carbons (Fsp3) is 0.222. The van der Waals surface area contributed by atoms with Crippen LogP contribution in [0.1, 0.15) is 6.92 Å². The van der Waals surface area contributed by atoms with E-state index >= 15 is 0 Å². The van der Waals surface area contributed by atoms with Crippen LogP contribution < -0.4 is 5.32 Å². The van der Waals surface area contributed by atoms with Crippen LogP contribution >= 0.6 is 27.5 Å². The number of rotatable bonds is 2. The maximum atomic E-state index is 11.2. The number of anilines is 1. The minimum absolute atomic E-state index is 0.00319. The Bertz CT molecular complexity index is 355. The lowest BCUT2D eigenvalue weighted by Crippen LogP contribution is -2.19. The quantitative estimate of drug-likeness (QED) is 0.645. The molecule has 3 nitrogen and oxygen atoms in total. The number of halogens is 2. The Morgan fingerprint density at radius 2 is 2.29 bits per heavy atom. The van der Waals surface area contributed by atoms with Crippen LogP contribution in [-0.4, -0.2) is 15.8 Å². The average molecular weight is 279 g/mol. The standard InChI is InChI=1S/C9H9BrClNO2/c1-5(10)9(14)12-6-2-3-8(13)7(11)4-6/h2-5,13H,1H3,(H,12,14). The average Bonchev–Trinajstić information content (AvgIpc) is 2.11. The van der Waals surface area contributed by atoms with Gasteiger partial charge in [0.05, 0.1) is 9.85 Å². The predicted octanol–water partition coefficient (Wildman–Crippen LogP) is 2.77. The van der Waals surface area contributed by atoms with Gasteiger partial charge in [0, 0.05) is 5.69 Å². The Kier molecular flexibility index (Phi) is 3.77. The molecular formula is C9H9BrClNO2. The van der Waals surface area contributed by atoms with Crippen LogP contribution in [0.3, 0.4) is 0 Å². The summed E-state index contributed by atoms with van der Waals surface area (Å²) in [4.78, 5) is 11.0. The van der Waals surface area contributed by atoms with E-state index in [1.165, 1.54) is 12.1 Å². The Morgan fingerprint density at radius 1 is 1.64 bits per heavy atom. The molecule has 0 aliphatic heterocycles. The number of aromatic hydroxyl groups is 1. The van der Waals surface area contributed by atoms with E-state index in [0.29, 0.717) is 5.69 Å². The lowest BCUT2D eigenvalue weighted by Gasteiger charge is -2.07. The molecule has 1 unspecified atom stereocenters. The molecule has 1 atom stereocenters. The van der Waals surface area contributed by atoms with Crippen LogP contribution in [0.5, 0.6) is 5.75 Å². The van der Waals surface area contributed by atoms with E-state index in [1.807, 2.05) is 0 Å². The van der Waals surface area contributed by atoms with Gasteiger partial charge in [-0.2, -0.15) is 0 Å². The first-order valence-corrected chi connectivity index (χ1v) is 5.23. The van der Waals surface area contributed by atoms with Crippen molar-refractivity contribution in [3.8, 4) is 5.75 Å².